The van der Waals surface area contributed by atoms with Crippen molar-refractivity contribution in [1.82, 2.24) is 14.5 Å². The Morgan fingerprint density at radius 1 is 1.14 bits per heavy atom. The standard InChI is InChI=1S/C21H22FN3O2S/c1-13-18(15-6-8-16(22)9-7-15)19-20(28-13)23-14(2)25(21(19)27)12-17(26)24-10-4-3-5-11-24/h6-9H,3-5,10-12H2,1-2H3. The first-order valence-corrected chi connectivity index (χ1v) is 10.3. The second kappa shape index (κ2) is 7.47. The molecular formula is C21H22FN3O2S. The summed E-state index contributed by atoms with van der Waals surface area (Å²) in [6, 6.07) is 6.12. The summed E-state index contributed by atoms with van der Waals surface area (Å²) >= 11 is 1.45. The van der Waals surface area contributed by atoms with E-state index in [4.69, 9.17) is 0 Å². The van der Waals surface area contributed by atoms with Gasteiger partial charge in [0.2, 0.25) is 5.91 Å². The minimum absolute atomic E-state index is 0.00532. The van der Waals surface area contributed by atoms with Crippen LogP contribution in [0.15, 0.2) is 29.1 Å². The van der Waals surface area contributed by atoms with Crippen LogP contribution in [0, 0.1) is 19.7 Å². The highest BCUT2D eigenvalue weighted by molar-refractivity contribution is 7.19. The van der Waals surface area contributed by atoms with Gasteiger partial charge in [0.1, 0.15) is 23.0 Å². The second-order valence-electron chi connectivity index (χ2n) is 7.21. The van der Waals surface area contributed by atoms with E-state index in [-0.39, 0.29) is 23.8 Å². The highest BCUT2D eigenvalue weighted by Gasteiger charge is 2.22. The van der Waals surface area contributed by atoms with Crippen molar-refractivity contribution in [2.75, 3.05) is 13.1 Å². The van der Waals surface area contributed by atoms with Crippen LogP contribution < -0.4 is 5.56 Å². The number of rotatable bonds is 3. The van der Waals surface area contributed by atoms with Crippen LogP contribution in [0.3, 0.4) is 0 Å². The molecule has 0 N–H and O–H groups in total. The van der Waals surface area contributed by atoms with Gasteiger partial charge < -0.3 is 4.90 Å². The molecule has 1 aromatic carbocycles. The Balaban J connectivity index is 1.80. The maximum Gasteiger partial charge on any atom is 0.263 e. The lowest BCUT2D eigenvalue weighted by molar-refractivity contribution is -0.132. The zero-order valence-corrected chi connectivity index (χ0v) is 16.8. The van der Waals surface area contributed by atoms with E-state index in [0.717, 1.165) is 48.4 Å². The van der Waals surface area contributed by atoms with E-state index in [1.54, 1.807) is 19.1 Å². The van der Waals surface area contributed by atoms with E-state index < -0.39 is 0 Å². The lowest BCUT2D eigenvalue weighted by Crippen LogP contribution is -2.40. The second-order valence-corrected chi connectivity index (χ2v) is 8.42. The summed E-state index contributed by atoms with van der Waals surface area (Å²) in [5.41, 5.74) is 1.34. The van der Waals surface area contributed by atoms with Gasteiger partial charge in [0, 0.05) is 23.5 Å². The van der Waals surface area contributed by atoms with Crippen molar-refractivity contribution < 1.29 is 9.18 Å². The highest BCUT2D eigenvalue weighted by Crippen LogP contribution is 2.35. The van der Waals surface area contributed by atoms with Crippen molar-refractivity contribution >= 4 is 27.5 Å². The number of nitrogens with zero attached hydrogens (tertiary/aromatic N) is 3. The number of hydrogen-bond donors (Lipinski definition) is 0. The molecule has 0 radical (unpaired) electrons. The Labute approximate surface area is 166 Å². The van der Waals surface area contributed by atoms with Crippen molar-refractivity contribution in [3.63, 3.8) is 0 Å². The average Bonchev–Trinajstić information content (AvgIpc) is 3.02. The minimum Gasteiger partial charge on any atom is -0.341 e. The molecule has 7 heteroatoms. The number of carbonyl (C=O) groups is 1. The number of aryl methyl sites for hydroxylation is 2. The van der Waals surface area contributed by atoms with Gasteiger partial charge >= 0.3 is 0 Å². The lowest BCUT2D eigenvalue weighted by atomic mass is 10.0. The number of amides is 1. The summed E-state index contributed by atoms with van der Waals surface area (Å²) in [6.07, 6.45) is 3.16. The average molecular weight is 399 g/mol. The molecule has 3 heterocycles. The molecule has 0 unspecified atom stereocenters. The third kappa shape index (κ3) is 3.35. The first kappa shape index (κ1) is 18.8. The van der Waals surface area contributed by atoms with Gasteiger partial charge in [0.15, 0.2) is 0 Å². The van der Waals surface area contributed by atoms with Crippen molar-refractivity contribution in [2.24, 2.45) is 0 Å². The molecule has 3 aromatic rings. The van der Waals surface area contributed by atoms with Crippen LogP contribution in [0.5, 0.6) is 0 Å². The molecule has 1 aliphatic heterocycles. The van der Waals surface area contributed by atoms with Crippen LogP contribution in [0.4, 0.5) is 4.39 Å². The number of carbonyl (C=O) groups excluding carboxylic acids is 1. The molecule has 1 fully saturated rings. The fourth-order valence-electron chi connectivity index (χ4n) is 3.83. The Morgan fingerprint density at radius 2 is 1.82 bits per heavy atom. The molecule has 146 valence electrons. The number of thiophene rings is 1. The third-order valence-electron chi connectivity index (χ3n) is 5.31. The van der Waals surface area contributed by atoms with Gasteiger partial charge in [-0.25, -0.2) is 9.37 Å². The topological polar surface area (TPSA) is 55.2 Å². The van der Waals surface area contributed by atoms with Gasteiger partial charge in [-0.3, -0.25) is 14.2 Å². The van der Waals surface area contributed by atoms with Gasteiger partial charge in [-0.05, 0) is 50.8 Å². The van der Waals surface area contributed by atoms with Crippen LogP contribution in [-0.4, -0.2) is 33.4 Å². The van der Waals surface area contributed by atoms with E-state index in [2.05, 4.69) is 4.98 Å². The van der Waals surface area contributed by atoms with Crippen molar-refractivity contribution in [3.05, 3.63) is 51.1 Å². The smallest absolute Gasteiger partial charge is 0.263 e. The quantitative estimate of drug-likeness (QED) is 0.671. The zero-order valence-electron chi connectivity index (χ0n) is 16.0. The van der Waals surface area contributed by atoms with Gasteiger partial charge in [-0.15, -0.1) is 11.3 Å². The lowest BCUT2D eigenvalue weighted by Gasteiger charge is -2.27. The van der Waals surface area contributed by atoms with Gasteiger partial charge in [0.25, 0.3) is 5.56 Å². The van der Waals surface area contributed by atoms with Gasteiger partial charge in [0.05, 0.1) is 5.39 Å². The molecule has 0 aliphatic carbocycles. The Kier molecular flexibility index (Phi) is 5.02. The summed E-state index contributed by atoms with van der Waals surface area (Å²) < 4.78 is 14.8. The molecule has 0 bridgehead atoms. The molecular weight excluding hydrogens is 377 g/mol. The molecule has 2 aromatic heterocycles. The minimum atomic E-state index is -0.320. The number of hydrogen-bond acceptors (Lipinski definition) is 4. The van der Waals surface area contributed by atoms with Crippen LogP contribution in [-0.2, 0) is 11.3 Å². The van der Waals surface area contributed by atoms with Crippen molar-refractivity contribution in [3.8, 4) is 11.1 Å². The van der Waals surface area contributed by atoms with E-state index in [1.165, 1.54) is 28.0 Å². The van der Waals surface area contributed by atoms with E-state index in [0.29, 0.717) is 16.0 Å². The molecule has 1 aliphatic rings. The predicted molar refractivity (Wildman–Crippen MR) is 109 cm³/mol. The van der Waals surface area contributed by atoms with Gasteiger partial charge in [-0.1, -0.05) is 12.1 Å². The van der Waals surface area contributed by atoms with Crippen molar-refractivity contribution in [1.29, 1.82) is 0 Å². The first-order chi connectivity index (χ1) is 13.5. The van der Waals surface area contributed by atoms with Crippen LogP contribution in [0.25, 0.3) is 21.3 Å². The van der Waals surface area contributed by atoms with E-state index >= 15 is 0 Å². The third-order valence-corrected chi connectivity index (χ3v) is 6.31. The summed E-state index contributed by atoms with van der Waals surface area (Å²) in [6.45, 7) is 5.20. The fourth-order valence-corrected chi connectivity index (χ4v) is 4.91. The fraction of sp³-hybridized carbons (Fsp3) is 0.381. The predicted octanol–water partition coefficient (Wildman–Crippen LogP) is 3.89. The first-order valence-electron chi connectivity index (χ1n) is 9.50. The number of fused-ring (bicyclic) bond motifs is 1. The maximum atomic E-state index is 13.3. The molecule has 28 heavy (non-hydrogen) atoms. The molecule has 0 saturated carbocycles. The summed E-state index contributed by atoms with van der Waals surface area (Å²) in [5.74, 6) is 0.176. The monoisotopic (exact) mass is 399 g/mol. The molecule has 1 saturated heterocycles. The Bertz CT molecular complexity index is 1100. The number of halogens is 1. The zero-order chi connectivity index (χ0) is 19.8. The Hall–Kier alpha value is -2.54. The SMILES string of the molecule is Cc1sc2nc(C)n(CC(=O)N3CCCCC3)c(=O)c2c1-c1ccc(F)cc1. The van der Waals surface area contributed by atoms with E-state index in [9.17, 15) is 14.0 Å². The van der Waals surface area contributed by atoms with Gasteiger partial charge in [-0.2, -0.15) is 0 Å². The number of piperidine rings is 1. The highest BCUT2D eigenvalue weighted by atomic mass is 32.1. The molecule has 0 spiro atoms. The number of benzene rings is 1. The van der Waals surface area contributed by atoms with Crippen LogP contribution in [0.1, 0.15) is 30.0 Å². The number of likely N-dealkylation sites (tertiary alicyclic amines) is 1. The van der Waals surface area contributed by atoms with Crippen molar-refractivity contribution in [2.45, 2.75) is 39.7 Å². The molecule has 5 nitrogen and oxygen atoms in total. The summed E-state index contributed by atoms with van der Waals surface area (Å²) in [7, 11) is 0. The molecule has 4 rings (SSSR count). The van der Waals surface area contributed by atoms with Crippen LogP contribution in [0.2, 0.25) is 0 Å². The van der Waals surface area contributed by atoms with E-state index in [1.807, 2.05) is 11.8 Å². The Morgan fingerprint density at radius 3 is 2.50 bits per heavy atom. The molecule has 0 atom stereocenters. The normalized spacial score (nSPS) is 14.6. The summed E-state index contributed by atoms with van der Waals surface area (Å²) in [5, 5.41) is 0.506. The molecule has 1 amide bonds. The largest absolute Gasteiger partial charge is 0.341 e. The summed E-state index contributed by atoms with van der Waals surface area (Å²) in [4.78, 5) is 34.1. The number of aromatic nitrogens is 2. The maximum absolute atomic E-state index is 13.3. The van der Waals surface area contributed by atoms with Crippen LogP contribution >= 0.6 is 11.3 Å².